The molecule has 2 aliphatic rings. The van der Waals surface area contributed by atoms with Crippen molar-refractivity contribution in [1.82, 2.24) is 20.0 Å². The third-order valence-electron chi connectivity index (χ3n) is 6.81. The van der Waals surface area contributed by atoms with Crippen molar-refractivity contribution in [2.45, 2.75) is 39.5 Å². The molecule has 0 bridgehead atoms. The minimum atomic E-state index is -0.377. The Morgan fingerprint density at radius 3 is 2.26 bits per heavy atom. The molecule has 0 saturated carbocycles. The molecule has 2 saturated heterocycles. The van der Waals surface area contributed by atoms with Gasteiger partial charge in [-0.25, -0.2) is 4.39 Å². The molecule has 34 heavy (non-hydrogen) atoms. The van der Waals surface area contributed by atoms with Crippen LogP contribution >= 0.6 is 0 Å². The molecular weight excluding hydrogens is 435 g/mol. The highest BCUT2D eigenvalue weighted by molar-refractivity contribution is 5.94. The van der Waals surface area contributed by atoms with Crippen molar-refractivity contribution < 1.29 is 18.8 Å². The van der Waals surface area contributed by atoms with Crippen molar-refractivity contribution in [2.75, 3.05) is 53.4 Å². The van der Waals surface area contributed by atoms with Gasteiger partial charge in [-0.1, -0.05) is 13.8 Å². The molecule has 2 heterocycles. The summed E-state index contributed by atoms with van der Waals surface area (Å²) >= 11 is 0. The molecule has 3 amide bonds. The van der Waals surface area contributed by atoms with Gasteiger partial charge in [-0.3, -0.25) is 14.4 Å². The molecule has 3 rings (SSSR count). The van der Waals surface area contributed by atoms with Crippen molar-refractivity contribution in [3.63, 3.8) is 0 Å². The Morgan fingerprint density at radius 1 is 1.00 bits per heavy atom. The van der Waals surface area contributed by atoms with E-state index in [0.717, 1.165) is 19.4 Å². The zero-order valence-corrected chi connectivity index (χ0v) is 21.0. The molecule has 0 aliphatic carbocycles. The van der Waals surface area contributed by atoms with Gasteiger partial charge in [-0.05, 0) is 69.5 Å². The van der Waals surface area contributed by atoms with Gasteiger partial charge in [0, 0.05) is 50.7 Å². The summed E-state index contributed by atoms with van der Waals surface area (Å²) in [7, 11) is 4.06. The lowest BCUT2D eigenvalue weighted by Crippen LogP contribution is -2.50. The second-order valence-electron chi connectivity index (χ2n) is 10.8. The van der Waals surface area contributed by atoms with Crippen LogP contribution in [0.25, 0.3) is 0 Å². The number of piperidine rings is 2. The minimum absolute atomic E-state index is 0.00592. The molecule has 1 atom stereocenters. The van der Waals surface area contributed by atoms with Crippen LogP contribution in [0.4, 0.5) is 4.39 Å². The Balaban J connectivity index is 1.47. The number of rotatable bonds is 7. The van der Waals surface area contributed by atoms with E-state index in [1.54, 1.807) is 4.90 Å². The van der Waals surface area contributed by atoms with Gasteiger partial charge in [-0.2, -0.15) is 0 Å². The highest BCUT2D eigenvalue weighted by Crippen LogP contribution is 2.25. The Hall–Kier alpha value is -2.48. The fraction of sp³-hybridized carbons (Fsp3) is 0.654. The van der Waals surface area contributed by atoms with E-state index in [-0.39, 0.29) is 40.8 Å². The van der Waals surface area contributed by atoms with Crippen molar-refractivity contribution in [3.05, 3.63) is 35.6 Å². The first-order chi connectivity index (χ1) is 16.1. The summed E-state index contributed by atoms with van der Waals surface area (Å²) in [6.45, 7) is 7.93. The number of hydrogen-bond acceptors (Lipinski definition) is 4. The molecular formula is C26H39FN4O3. The van der Waals surface area contributed by atoms with E-state index in [4.69, 9.17) is 0 Å². The van der Waals surface area contributed by atoms with Crippen LogP contribution in [0.15, 0.2) is 24.3 Å². The maximum atomic E-state index is 13.2. The van der Waals surface area contributed by atoms with Gasteiger partial charge < -0.3 is 20.0 Å². The molecule has 188 valence electrons. The molecule has 0 aromatic heterocycles. The van der Waals surface area contributed by atoms with Gasteiger partial charge >= 0.3 is 0 Å². The number of benzene rings is 1. The van der Waals surface area contributed by atoms with Crippen molar-refractivity contribution in [1.29, 1.82) is 0 Å². The maximum Gasteiger partial charge on any atom is 0.253 e. The monoisotopic (exact) mass is 474 g/mol. The zero-order chi connectivity index (χ0) is 24.9. The Morgan fingerprint density at radius 2 is 1.65 bits per heavy atom. The van der Waals surface area contributed by atoms with Crippen LogP contribution in [-0.2, 0) is 9.59 Å². The van der Waals surface area contributed by atoms with Crippen LogP contribution in [0, 0.1) is 23.1 Å². The number of likely N-dealkylation sites (tertiary alicyclic amines) is 2. The fourth-order valence-electron chi connectivity index (χ4n) is 5.14. The number of nitrogens with one attached hydrogen (secondary N) is 1. The van der Waals surface area contributed by atoms with Crippen LogP contribution < -0.4 is 5.32 Å². The molecule has 2 fully saturated rings. The maximum absolute atomic E-state index is 13.2. The van der Waals surface area contributed by atoms with Gasteiger partial charge in [0.2, 0.25) is 11.8 Å². The first kappa shape index (κ1) is 26.1. The van der Waals surface area contributed by atoms with E-state index >= 15 is 0 Å². The Kier molecular flexibility index (Phi) is 8.68. The highest BCUT2D eigenvalue weighted by atomic mass is 19.1. The van der Waals surface area contributed by atoms with Crippen LogP contribution in [0.5, 0.6) is 0 Å². The lowest BCUT2D eigenvalue weighted by atomic mass is 9.90. The quantitative estimate of drug-likeness (QED) is 0.660. The van der Waals surface area contributed by atoms with Crippen molar-refractivity contribution in [3.8, 4) is 0 Å². The second-order valence-corrected chi connectivity index (χ2v) is 10.8. The van der Waals surface area contributed by atoms with E-state index in [1.807, 2.05) is 19.0 Å². The summed E-state index contributed by atoms with van der Waals surface area (Å²) in [6.07, 6.45) is 2.85. The molecule has 2 aliphatic heterocycles. The minimum Gasteiger partial charge on any atom is -0.355 e. The standard InChI is InChI=1S/C26H39FN4O3/c1-26(2,18-29(3)4)17-28-23(32)19-11-14-30(15-12-19)25(34)21-6-5-13-31(16-21)24(33)20-7-9-22(27)10-8-20/h7-10,19,21H,5-6,11-18H2,1-4H3,(H,28,32). The van der Waals surface area contributed by atoms with E-state index in [2.05, 4.69) is 24.1 Å². The fourth-order valence-corrected chi connectivity index (χ4v) is 5.14. The SMILES string of the molecule is CN(C)CC(C)(C)CNC(=O)C1CCN(C(=O)C2CCCN(C(=O)c3ccc(F)cc3)C2)CC1. The molecule has 1 aromatic carbocycles. The van der Waals surface area contributed by atoms with Crippen LogP contribution in [0.3, 0.4) is 0 Å². The third kappa shape index (κ3) is 7.01. The van der Waals surface area contributed by atoms with Crippen LogP contribution in [0.2, 0.25) is 0 Å². The lowest BCUT2D eigenvalue weighted by molar-refractivity contribution is -0.140. The molecule has 0 radical (unpaired) electrons. The van der Waals surface area contributed by atoms with Gasteiger partial charge in [0.05, 0.1) is 5.92 Å². The van der Waals surface area contributed by atoms with Crippen molar-refractivity contribution >= 4 is 17.7 Å². The summed E-state index contributed by atoms with van der Waals surface area (Å²) in [5.41, 5.74) is 0.434. The summed E-state index contributed by atoms with van der Waals surface area (Å²) in [5.74, 6) is -0.685. The third-order valence-corrected chi connectivity index (χ3v) is 6.81. The molecule has 0 spiro atoms. The number of carbonyl (C=O) groups is 3. The van der Waals surface area contributed by atoms with Crippen LogP contribution in [0.1, 0.15) is 49.9 Å². The molecule has 1 unspecified atom stereocenters. The average Bonchev–Trinajstić information content (AvgIpc) is 2.81. The number of carbonyl (C=O) groups excluding carboxylic acids is 3. The number of hydrogen-bond donors (Lipinski definition) is 1. The largest absolute Gasteiger partial charge is 0.355 e. The molecule has 1 N–H and O–H groups in total. The van der Waals surface area contributed by atoms with Gasteiger partial charge in [0.1, 0.15) is 5.82 Å². The summed E-state index contributed by atoms with van der Waals surface area (Å²) < 4.78 is 13.2. The molecule has 7 nitrogen and oxygen atoms in total. The molecule has 1 aromatic rings. The van der Waals surface area contributed by atoms with Crippen molar-refractivity contribution in [2.24, 2.45) is 17.3 Å². The average molecular weight is 475 g/mol. The predicted molar refractivity (Wildman–Crippen MR) is 130 cm³/mol. The van der Waals surface area contributed by atoms with E-state index < -0.39 is 0 Å². The summed E-state index contributed by atoms with van der Waals surface area (Å²) in [5, 5.41) is 3.11. The number of nitrogens with zero attached hydrogens (tertiary/aromatic N) is 3. The first-order valence-corrected chi connectivity index (χ1v) is 12.3. The number of halogens is 1. The van der Waals surface area contributed by atoms with E-state index in [1.165, 1.54) is 24.3 Å². The number of amides is 3. The Bertz CT molecular complexity index is 863. The lowest BCUT2D eigenvalue weighted by Gasteiger charge is -2.38. The van der Waals surface area contributed by atoms with E-state index in [9.17, 15) is 18.8 Å². The molecule has 8 heteroatoms. The predicted octanol–water partition coefficient (Wildman–Crippen LogP) is 2.62. The smallest absolute Gasteiger partial charge is 0.253 e. The first-order valence-electron chi connectivity index (χ1n) is 12.3. The second kappa shape index (κ2) is 11.3. The van der Waals surface area contributed by atoms with Crippen LogP contribution in [-0.4, -0.2) is 85.8 Å². The van der Waals surface area contributed by atoms with Gasteiger partial charge in [0.25, 0.3) is 5.91 Å². The normalized spacial score (nSPS) is 19.9. The highest BCUT2D eigenvalue weighted by Gasteiger charge is 2.34. The summed E-state index contributed by atoms with van der Waals surface area (Å²) in [4.78, 5) is 44.3. The van der Waals surface area contributed by atoms with E-state index in [0.29, 0.717) is 51.1 Å². The van der Waals surface area contributed by atoms with Gasteiger partial charge in [0.15, 0.2) is 0 Å². The summed E-state index contributed by atoms with van der Waals surface area (Å²) in [6, 6.07) is 5.54. The zero-order valence-electron chi connectivity index (χ0n) is 21.0. The Labute approximate surface area is 202 Å². The van der Waals surface area contributed by atoms with Gasteiger partial charge in [-0.15, -0.1) is 0 Å². The topological polar surface area (TPSA) is 73.0 Å².